The first-order chi connectivity index (χ1) is 10.7. The van der Waals surface area contributed by atoms with Crippen molar-refractivity contribution < 1.29 is 9.59 Å². The van der Waals surface area contributed by atoms with Crippen molar-refractivity contribution in [3.8, 4) is 0 Å². The molecule has 0 spiro atoms. The van der Waals surface area contributed by atoms with Crippen LogP contribution in [0.5, 0.6) is 0 Å². The van der Waals surface area contributed by atoms with Gasteiger partial charge in [-0.2, -0.15) is 0 Å². The zero-order valence-corrected chi connectivity index (χ0v) is 12.5. The average molecular weight is 294 g/mol. The summed E-state index contributed by atoms with van der Waals surface area (Å²) in [6, 6.07) is 17.4. The Labute approximate surface area is 130 Å². The molecular weight excluding hydrogens is 276 g/mol. The molecule has 2 amide bonds. The molecule has 0 saturated heterocycles. The van der Waals surface area contributed by atoms with Gasteiger partial charge in [-0.25, -0.2) is 0 Å². The van der Waals surface area contributed by atoms with E-state index in [0.29, 0.717) is 12.8 Å². The minimum absolute atomic E-state index is 0.0160. The molecule has 22 heavy (non-hydrogen) atoms. The van der Waals surface area contributed by atoms with Crippen LogP contribution in [0.25, 0.3) is 0 Å². The van der Waals surface area contributed by atoms with Crippen molar-refractivity contribution in [2.24, 2.45) is 0 Å². The highest BCUT2D eigenvalue weighted by Crippen LogP contribution is 2.32. The van der Waals surface area contributed by atoms with Crippen molar-refractivity contribution >= 4 is 23.2 Å². The number of fused-ring (bicyclic) bond motifs is 1. The zero-order chi connectivity index (χ0) is 15.5. The Morgan fingerprint density at radius 2 is 1.64 bits per heavy atom. The first-order valence-electron chi connectivity index (χ1n) is 7.36. The number of hydrogen-bond acceptors (Lipinski definition) is 2. The summed E-state index contributed by atoms with van der Waals surface area (Å²) in [5, 5.41) is 0. The van der Waals surface area contributed by atoms with Gasteiger partial charge in [0.1, 0.15) is 6.54 Å². The fourth-order valence-electron chi connectivity index (χ4n) is 2.69. The van der Waals surface area contributed by atoms with Crippen molar-refractivity contribution in [3.63, 3.8) is 0 Å². The van der Waals surface area contributed by atoms with Gasteiger partial charge >= 0.3 is 0 Å². The maximum absolute atomic E-state index is 12.5. The Morgan fingerprint density at radius 3 is 2.36 bits per heavy atom. The molecule has 0 aromatic heterocycles. The quantitative estimate of drug-likeness (QED) is 0.873. The second-order valence-electron chi connectivity index (χ2n) is 5.41. The third-order valence-electron chi connectivity index (χ3n) is 3.97. The molecule has 3 rings (SSSR count). The summed E-state index contributed by atoms with van der Waals surface area (Å²) in [6.07, 6.45) is 1.08. The van der Waals surface area contributed by atoms with Crippen molar-refractivity contribution in [2.45, 2.75) is 12.8 Å². The van der Waals surface area contributed by atoms with Gasteiger partial charge in [0.25, 0.3) is 0 Å². The van der Waals surface area contributed by atoms with Crippen LogP contribution < -0.4 is 9.80 Å². The summed E-state index contributed by atoms with van der Waals surface area (Å²) in [5.74, 6) is -0.0792. The molecule has 1 aliphatic rings. The zero-order valence-electron chi connectivity index (χ0n) is 12.5. The van der Waals surface area contributed by atoms with Crippen LogP contribution in [0.15, 0.2) is 54.6 Å². The standard InChI is InChI=1S/C18H18N2O2/c1-19-15-9-5-6-10-16(15)20(13-18(19)22)17(21)12-11-14-7-3-2-4-8-14/h2-10H,11-13H2,1H3. The van der Waals surface area contributed by atoms with Crippen LogP contribution in [0.3, 0.4) is 0 Å². The third-order valence-corrected chi connectivity index (χ3v) is 3.97. The molecule has 0 radical (unpaired) electrons. The van der Waals surface area contributed by atoms with E-state index in [2.05, 4.69) is 0 Å². The molecule has 1 heterocycles. The summed E-state index contributed by atoms with van der Waals surface area (Å²) >= 11 is 0. The van der Waals surface area contributed by atoms with E-state index in [1.807, 2.05) is 54.6 Å². The highest BCUT2D eigenvalue weighted by molar-refractivity contribution is 6.10. The summed E-state index contributed by atoms with van der Waals surface area (Å²) in [5.41, 5.74) is 2.72. The van der Waals surface area contributed by atoms with Crippen LogP contribution in [0.1, 0.15) is 12.0 Å². The molecule has 0 aliphatic carbocycles. The lowest BCUT2D eigenvalue weighted by Crippen LogP contribution is -2.46. The average Bonchev–Trinajstić information content (AvgIpc) is 2.57. The van der Waals surface area contributed by atoms with Gasteiger partial charge in [-0.3, -0.25) is 9.59 Å². The fraction of sp³-hybridized carbons (Fsp3) is 0.222. The largest absolute Gasteiger partial charge is 0.312 e. The second kappa shape index (κ2) is 6.02. The van der Waals surface area contributed by atoms with Crippen LogP contribution >= 0.6 is 0 Å². The van der Waals surface area contributed by atoms with Crippen LogP contribution in [0.2, 0.25) is 0 Å². The number of likely N-dealkylation sites (N-methyl/N-ethyl adjacent to an activating group) is 1. The first-order valence-corrected chi connectivity index (χ1v) is 7.36. The summed E-state index contributed by atoms with van der Waals surface area (Å²) in [7, 11) is 1.74. The van der Waals surface area contributed by atoms with Gasteiger partial charge in [-0.1, -0.05) is 42.5 Å². The fourth-order valence-corrected chi connectivity index (χ4v) is 2.69. The number of amides is 2. The van der Waals surface area contributed by atoms with Gasteiger partial charge in [0, 0.05) is 13.5 Å². The number of para-hydroxylation sites is 2. The maximum atomic E-state index is 12.5. The summed E-state index contributed by atoms with van der Waals surface area (Å²) < 4.78 is 0. The lowest BCUT2D eigenvalue weighted by atomic mass is 10.1. The topological polar surface area (TPSA) is 40.6 Å². The third kappa shape index (κ3) is 2.72. The molecule has 1 aliphatic heterocycles. The molecule has 4 heteroatoms. The summed E-state index contributed by atoms with van der Waals surface area (Å²) in [6.45, 7) is 0.112. The van der Waals surface area contributed by atoms with E-state index in [-0.39, 0.29) is 18.4 Å². The first kappa shape index (κ1) is 14.3. The molecule has 0 fully saturated rings. The normalized spacial score (nSPS) is 14.0. The van der Waals surface area contributed by atoms with Gasteiger partial charge < -0.3 is 9.80 Å². The van der Waals surface area contributed by atoms with E-state index in [0.717, 1.165) is 16.9 Å². The van der Waals surface area contributed by atoms with Gasteiger partial charge in [-0.05, 0) is 24.1 Å². The number of anilines is 2. The Bertz CT molecular complexity index is 697. The number of carbonyl (C=O) groups is 2. The predicted octanol–water partition coefficient (Wildman–Crippen LogP) is 2.63. The number of aryl methyl sites for hydroxylation is 1. The molecule has 0 unspecified atom stereocenters. The number of carbonyl (C=O) groups excluding carboxylic acids is 2. The SMILES string of the molecule is CN1C(=O)CN(C(=O)CCc2ccccc2)c2ccccc21. The molecule has 0 atom stereocenters. The molecule has 2 aromatic rings. The van der Waals surface area contributed by atoms with E-state index in [1.165, 1.54) is 0 Å². The lowest BCUT2D eigenvalue weighted by Gasteiger charge is -2.34. The molecule has 2 aromatic carbocycles. The van der Waals surface area contributed by atoms with Gasteiger partial charge in [-0.15, -0.1) is 0 Å². The Morgan fingerprint density at radius 1 is 1.00 bits per heavy atom. The predicted molar refractivity (Wildman–Crippen MR) is 87.0 cm³/mol. The van der Waals surface area contributed by atoms with Crippen molar-refractivity contribution in [1.29, 1.82) is 0 Å². The Kier molecular flexibility index (Phi) is 3.92. The Hall–Kier alpha value is -2.62. The smallest absolute Gasteiger partial charge is 0.246 e. The molecular formula is C18H18N2O2. The van der Waals surface area contributed by atoms with Crippen molar-refractivity contribution in [1.82, 2.24) is 0 Å². The van der Waals surface area contributed by atoms with Crippen molar-refractivity contribution in [3.05, 3.63) is 60.2 Å². The number of hydrogen-bond donors (Lipinski definition) is 0. The van der Waals surface area contributed by atoms with Gasteiger partial charge in [0.05, 0.1) is 11.4 Å². The van der Waals surface area contributed by atoms with E-state index in [9.17, 15) is 9.59 Å². The van der Waals surface area contributed by atoms with Gasteiger partial charge in [0.15, 0.2) is 0 Å². The van der Waals surface area contributed by atoms with Crippen LogP contribution in [-0.2, 0) is 16.0 Å². The molecule has 0 saturated carbocycles. The number of benzene rings is 2. The highest BCUT2D eigenvalue weighted by Gasteiger charge is 2.29. The maximum Gasteiger partial charge on any atom is 0.246 e. The minimum Gasteiger partial charge on any atom is -0.312 e. The molecule has 0 bridgehead atoms. The van der Waals surface area contributed by atoms with Crippen molar-refractivity contribution in [2.75, 3.05) is 23.4 Å². The lowest BCUT2D eigenvalue weighted by molar-refractivity contribution is -0.122. The highest BCUT2D eigenvalue weighted by atomic mass is 16.2. The van der Waals surface area contributed by atoms with E-state index in [4.69, 9.17) is 0 Å². The van der Waals surface area contributed by atoms with E-state index in [1.54, 1.807) is 16.8 Å². The van der Waals surface area contributed by atoms with E-state index >= 15 is 0 Å². The van der Waals surface area contributed by atoms with Crippen LogP contribution in [0.4, 0.5) is 11.4 Å². The molecule has 4 nitrogen and oxygen atoms in total. The Balaban J connectivity index is 1.78. The second-order valence-corrected chi connectivity index (χ2v) is 5.41. The minimum atomic E-state index is -0.0632. The summed E-state index contributed by atoms with van der Waals surface area (Å²) in [4.78, 5) is 27.8. The van der Waals surface area contributed by atoms with Gasteiger partial charge in [0.2, 0.25) is 11.8 Å². The van der Waals surface area contributed by atoms with E-state index < -0.39 is 0 Å². The molecule has 0 N–H and O–H groups in total. The van der Waals surface area contributed by atoms with Crippen LogP contribution in [-0.4, -0.2) is 25.4 Å². The monoisotopic (exact) mass is 294 g/mol. The molecule has 112 valence electrons. The number of rotatable bonds is 3. The van der Waals surface area contributed by atoms with Crippen LogP contribution in [0, 0.1) is 0 Å². The number of nitrogens with zero attached hydrogens (tertiary/aromatic N) is 2.